The third-order valence-electron chi connectivity index (χ3n) is 3.26. The van der Waals surface area contributed by atoms with Gasteiger partial charge in [0.25, 0.3) is 0 Å². The lowest BCUT2D eigenvalue weighted by atomic mass is 10.0. The Hall–Kier alpha value is 0.210. The van der Waals surface area contributed by atoms with Gasteiger partial charge in [0.15, 0.2) is 0 Å². The van der Waals surface area contributed by atoms with Crippen LogP contribution in [0.2, 0.25) is 0 Å². The van der Waals surface area contributed by atoms with Crippen LogP contribution in [0.3, 0.4) is 0 Å². The molecule has 0 fully saturated rings. The molecule has 0 aliphatic heterocycles. The van der Waals surface area contributed by atoms with E-state index in [-0.39, 0.29) is 24.6 Å². The van der Waals surface area contributed by atoms with Crippen LogP contribution in [0.25, 0.3) is 0 Å². The van der Waals surface area contributed by atoms with Crippen molar-refractivity contribution in [1.29, 1.82) is 0 Å². The molecule has 0 radical (unpaired) electrons. The van der Waals surface area contributed by atoms with Gasteiger partial charge < -0.3 is 10.8 Å². The Morgan fingerprint density at radius 2 is 1.29 bits per heavy atom. The monoisotopic (exact) mass is 265 g/mol. The van der Waals surface area contributed by atoms with E-state index in [1.165, 1.54) is 57.8 Å². The topological polar surface area (TPSA) is 46.2 Å². The molecular formula is C14H32ClNO. The fraction of sp³-hybridized carbons (Fsp3) is 1.00. The van der Waals surface area contributed by atoms with E-state index < -0.39 is 0 Å². The van der Waals surface area contributed by atoms with Crippen LogP contribution in [-0.4, -0.2) is 17.3 Å². The predicted molar refractivity (Wildman–Crippen MR) is 78.7 cm³/mol. The van der Waals surface area contributed by atoms with Crippen molar-refractivity contribution in [2.75, 3.05) is 0 Å². The quantitative estimate of drug-likeness (QED) is 0.554. The maximum absolute atomic E-state index is 9.22. The van der Waals surface area contributed by atoms with Crippen LogP contribution in [0, 0.1) is 0 Å². The number of nitrogens with two attached hydrogens (primary N) is 1. The van der Waals surface area contributed by atoms with E-state index in [2.05, 4.69) is 6.92 Å². The summed E-state index contributed by atoms with van der Waals surface area (Å²) in [5.74, 6) is 0. The molecule has 0 saturated heterocycles. The molecule has 2 atom stereocenters. The number of hydrogen-bond donors (Lipinski definition) is 2. The number of rotatable bonds is 11. The molecule has 17 heavy (non-hydrogen) atoms. The average Bonchev–Trinajstić information content (AvgIpc) is 2.26. The summed E-state index contributed by atoms with van der Waals surface area (Å²) in [5.41, 5.74) is 5.76. The first-order valence-corrected chi connectivity index (χ1v) is 7.12. The van der Waals surface area contributed by atoms with E-state index in [0.29, 0.717) is 0 Å². The van der Waals surface area contributed by atoms with Crippen LogP contribution in [0.15, 0.2) is 0 Å². The summed E-state index contributed by atoms with van der Waals surface area (Å²) < 4.78 is 0. The lowest BCUT2D eigenvalue weighted by Gasteiger charge is -2.13. The Morgan fingerprint density at radius 1 is 0.882 bits per heavy atom. The van der Waals surface area contributed by atoms with Gasteiger partial charge >= 0.3 is 0 Å². The molecule has 3 N–H and O–H groups in total. The van der Waals surface area contributed by atoms with E-state index in [1.807, 2.05) is 0 Å². The van der Waals surface area contributed by atoms with Gasteiger partial charge in [0.05, 0.1) is 6.10 Å². The molecule has 0 amide bonds. The first-order chi connectivity index (χ1) is 7.68. The number of aliphatic hydroxyl groups is 1. The summed E-state index contributed by atoms with van der Waals surface area (Å²) in [6, 6.07) is -0.0236. The molecule has 0 aromatic rings. The Kier molecular flexibility index (Phi) is 16.4. The van der Waals surface area contributed by atoms with Crippen molar-refractivity contribution < 1.29 is 5.11 Å². The molecule has 0 aliphatic carbocycles. The first kappa shape index (κ1) is 19.5. The van der Waals surface area contributed by atoms with Crippen molar-refractivity contribution in [2.45, 2.75) is 90.2 Å². The van der Waals surface area contributed by atoms with Crippen LogP contribution in [0.5, 0.6) is 0 Å². The Balaban J connectivity index is 0. The Bertz CT molecular complexity index is 142. The highest BCUT2D eigenvalue weighted by atomic mass is 35.5. The van der Waals surface area contributed by atoms with E-state index >= 15 is 0 Å². The molecule has 0 saturated carbocycles. The SMILES string of the molecule is CCCCCCCCCCCC(N)C(C)O.Cl. The van der Waals surface area contributed by atoms with Crippen LogP contribution >= 0.6 is 12.4 Å². The second kappa shape index (κ2) is 14.3. The summed E-state index contributed by atoms with van der Waals surface area (Å²) in [5, 5.41) is 9.22. The maximum atomic E-state index is 9.22. The molecule has 0 aromatic heterocycles. The average molecular weight is 266 g/mol. The van der Waals surface area contributed by atoms with Crippen LogP contribution in [0.1, 0.15) is 78.1 Å². The van der Waals surface area contributed by atoms with Crippen molar-refractivity contribution in [3.05, 3.63) is 0 Å². The molecule has 0 rings (SSSR count). The normalized spacial score (nSPS) is 14.1. The van der Waals surface area contributed by atoms with E-state index in [4.69, 9.17) is 5.73 Å². The first-order valence-electron chi connectivity index (χ1n) is 7.12. The Labute approximate surface area is 114 Å². The summed E-state index contributed by atoms with van der Waals surface area (Å²) in [6.07, 6.45) is 12.7. The summed E-state index contributed by atoms with van der Waals surface area (Å²) in [7, 11) is 0. The van der Waals surface area contributed by atoms with E-state index in [1.54, 1.807) is 6.92 Å². The van der Waals surface area contributed by atoms with Crippen LogP contribution in [-0.2, 0) is 0 Å². The van der Waals surface area contributed by atoms with Gasteiger partial charge in [-0.1, -0.05) is 64.7 Å². The highest BCUT2D eigenvalue weighted by Gasteiger charge is 2.07. The molecule has 106 valence electrons. The van der Waals surface area contributed by atoms with Crippen molar-refractivity contribution >= 4 is 12.4 Å². The molecule has 0 heterocycles. The second-order valence-corrected chi connectivity index (χ2v) is 5.02. The maximum Gasteiger partial charge on any atom is 0.0662 e. The molecule has 0 spiro atoms. The zero-order valence-corrected chi connectivity index (χ0v) is 12.5. The van der Waals surface area contributed by atoms with Gasteiger partial charge in [0.1, 0.15) is 0 Å². The lowest BCUT2D eigenvalue weighted by molar-refractivity contribution is 0.157. The molecule has 2 unspecified atom stereocenters. The number of unbranched alkanes of at least 4 members (excludes halogenated alkanes) is 8. The van der Waals surface area contributed by atoms with Gasteiger partial charge in [-0.2, -0.15) is 0 Å². The summed E-state index contributed by atoms with van der Waals surface area (Å²) in [4.78, 5) is 0. The molecule has 0 aliphatic rings. The predicted octanol–water partition coefficient (Wildman–Crippen LogP) is 4.04. The largest absolute Gasteiger partial charge is 0.392 e. The number of halogens is 1. The third-order valence-corrected chi connectivity index (χ3v) is 3.26. The van der Waals surface area contributed by atoms with Crippen molar-refractivity contribution in [3.8, 4) is 0 Å². The van der Waals surface area contributed by atoms with Gasteiger partial charge in [-0.25, -0.2) is 0 Å². The van der Waals surface area contributed by atoms with Gasteiger partial charge in [-0.05, 0) is 13.3 Å². The zero-order valence-electron chi connectivity index (χ0n) is 11.7. The van der Waals surface area contributed by atoms with Crippen LogP contribution in [0.4, 0.5) is 0 Å². The van der Waals surface area contributed by atoms with Crippen molar-refractivity contribution in [2.24, 2.45) is 5.73 Å². The number of hydrogen-bond acceptors (Lipinski definition) is 2. The summed E-state index contributed by atoms with van der Waals surface area (Å²) >= 11 is 0. The molecule has 0 bridgehead atoms. The van der Waals surface area contributed by atoms with Crippen molar-refractivity contribution in [3.63, 3.8) is 0 Å². The van der Waals surface area contributed by atoms with Gasteiger partial charge in [-0.3, -0.25) is 0 Å². The highest BCUT2D eigenvalue weighted by Crippen LogP contribution is 2.11. The fourth-order valence-electron chi connectivity index (χ4n) is 1.93. The minimum atomic E-state index is -0.353. The smallest absolute Gasteiger partial charge is 0.0662 e. The second-order valence-electron chi connectivity index (χ2n) is 5.02. The standard InChI is InChI=1S/C14H31NO.ClH/c1-3-4-5-6-7-8-9-10-11-12-14(15)13(2)16;/h13-14,16H,3-12,15H2,1-2H3;1H. The van der Waals surface area contributed by atoms with Gasteiger partial charge in [0.2, 0.25) is 0 Å². The Morgan fingerprint density at radius 3 is 1.71 bits per heavy atom. The number of aliphatic hydroxyl groups excluding tert-OH is 1. The highest BCUT2D eigenvalue weighted by molar-refractivity contribution is 5.85. The molecule has 2 nitrogen and oxygen atoms in total. The molecular weight excluding hydrogens is 234 g/mol. The van der Waals surface area contributed by atoms with Gasteiger partial charge in [-0.15, -0.1) is 12.4 Å². The molecule has 0 aromatic carbocycles. The minimum absolute atomic E-state index is 0. The van der Waals surface area contributed by atoms with E-state index in [9.17, 15) is 5.11 Å². The third kappa shape index (κ3) is 14.1. The molecule has 3 heteroatoms. The lowest BCUT2D eigenvalue weighted by Crippen LogP contribution is -2.31. The van der Waals surface area contributed by atoms with Gasteiger partial charge in [0, 0.05) is 6.04 Å². The van der Waals surface area contributed by atoms with Crippen molar-refractivity contribution in [1.82, 2.24) is 0 Å². The minimum Gasteiger partial charge on any atom is -0.392 e. The fourth-order valence-corrected chi connectivity index (χ4v) is 1.93. The van der Waals surface area contributed by atoms with Crippen LogP contribution < -0.4 is 5.73 Å². The zero-order chi connectivity index (χ0) is 12.2. The van der Waals surface area contributed by atoms with E-state index in [0.717, 1.165) is 6.42 Å². The summed E-state index contributed by atoms with van der Waals surface area (Å²) in [6.45, 7) is 4.03.